The monoisotopic (exact) mass is 272 g/mol. The van der Waals surface area contributed by atoms with Crippen molar-refractivity contribution in [2.24, 2.45) is 5.73 Å². The van der Waals surface area contributed by atoms with E-state index in [4.69, 9.17) is 10.5 Å². The molecule has 3 N–H and O–H groups in total. The molecule has 0 radical (unpaired) electrons. The van der Waals surface area contributed by atoms with Crippen molar-refractivity contribution in [2.45, 2.75) is 6.54 Å². The highest BCUT2D eigenvalue weighted by Gasteiger charge is 2.03. The van der Waals surface area contributed by atoms with E-state index in [1.807, 2.05) is 18.2 Å². The van der Waals surface area contributed by atoms with Gasteiger partial charge >= 0.3 is 0 Å². The number of methoxy groups -OCH3 is 1. The van der Waals surface area contributed by atoms with Gasteiger partial charge in [-0.05, 0) is 18.2 Å². The van der Waals surface area contributed by atoms with Gasteiger partial charge in [-0.15, -0.1) is 0 Å². The second-order valence-electron chi connectivity index (χ2n) is 3.03. The first-order chi connectivity index (χ1) is 7.13. The van der Waals surface area contributed by atoms with E-state index < -0.39 is 0 Å². The van der Waals surface area contributed by atoms with Crippen LogP contribution in [0.4, 0.5) is 0 Å². The van der Waals surface area contributed by atoms with Crippen molar-refractivity contribution < 1.29 is 9.53 Å². The van der Waals surface area contributed by atoms with Crippen LogP contribution in [-0.2, 0) is 11.3 Å². The summed E-state index contributed by atoms with van der Waals surface area (Å²) in [5, 5.41) is 2.93. The number of amides is 1. The maximum Gasteiger partial charge on any atom is 0.231 e. The van der Waals surface area contributed by atoms with E-state index in [0.29, 0.717) is 6.54 Å². The van der Waals surface area contributed by atoms with Crippen LogP contribution in [0.15, 0.2) is 22.7 Å². The summed E-state index contributed by atoms with van der Waals surface area (Å²) in [6.45, 7) is 0.710. The highest BCUT2D eigenvalue weighted by molar-refractivity contribution is 9.10. The molecule has 0 saturated carbocycles. The first kappa shape index (κ1) is 12.0. The highest BCUT2D eigenvalue weighted by atomic mass is 79.9. The fourth-order valence-corrected chi connectivity index (χ4v) is 1.61. The molecular formula is C10H13BrN2O2. The Balaban J connectivity index is 2.65. The third kappa shape index (κ3) is 3.89. The van der Waals surface area contributed by atoms with E-state index in [1.54, 1.807) is 7.11 Å². The number of nitrogens with two attached hydrogens (primary N) is 1. The fraction of sp³-hybridized carbons (Fsp3) is 0.300. The van der Waals surface area contributed by atoms with E-state index in [2.05, 4.69) is 21.2 Å². The number of hydrogen-bond acceptors (Lipinski definition) is 3. The predicted octanol–water partition coefficient (Wildman–Crippen LogP) is 1.03. The number of rotatable bonds is 5. The van der Waals surface area contributed by atoms with E-state index in [1.165, 1.54) is 0 Å². The summed E-state index contributed by atoms with van der Waals surface area (Å²) in [7, 11) is 1.61. The summed E-state index contributed by atoms with van der Waals surface area (Å²) >= 11 is 3.37. The summed E-state index contributed by atoms with van der Waals surface area (Å²) in [4.78, 5) is 10.5. The molecule has 4 nitrogen and oxygen atoms in total. The predicted molar refractivity (Wildman–Crippen MR) is 61.6 cm³/mol. The maximum absolute atomic E-state index is 10.5. The molecule has 1 rings (SSSR count). The minimum absolute atomic E-state index is 0.162. The second-order valence-corrected chi connectivity index (χ2v) is 3.94. The Morgan fingerprint density at radius 1 is 1.60 bits per heavy atom. The quantitative estimate of drug-likeness (QED) is 0.842. The Morgan fingerprint density at radius 3 is 2.93 bits per heavy atom. The van der Waals surface area contributed by atoms with Crippen molar-refractivity contribution in [1.82, 2.24) is 5.32 Å². The molecule has 0 aliphatic heterocycles. The van der Waals surface area contributed by atoms with Crippen LogP contribution in [0.3, 0.4) is 0 Å². The zero-order chi connectivity index (χ0) is 11.3. The molecule has 1 aromatic carbocycles. The first-order valence-electron chi connectivity index (χ1n) is 4.45. The Kier molecular flexibility index (Phi) is 4.58. The maximum atomic E-state index is 10.5. The smallest absolute Gasteiger partial charge is 0.231 e. The number of halogens is 1. The number of hydrogen-bond donors (Lipinski definition) is 2. The van der Waals surface area contributed by atoms with Gasteiger partial charge in [0.2, 0.25) is 5.91 Å². The molecular weight excluding hydrogens is 260 g/mol. The minimum atomic E-state index is -0.371. The van der Waals surface area contributed by atoms with Crippen LogP contribution < -0.4 is 15.8 Å². The molecule has 0 unspecified atom stereocenters. The average molecular weight is 273 g/mol. The van der Waals surface area contributed by atoms with Crippen molar-refractivity contribution in [3.8, 4) is 5.75 Å². The van der Waals surface area contributed by atoms with Gasteiger partial charge in [-0.1, -0.05) is 15.9 Å². The Bertz CT molecular complexity index is 355. The molecule has 0 aliphatic carbocycles. The molecule has 0 spiro atoms. The fourth-order valence-electron chi connectivity index (χ4n) is 1.21. The second kappa shape index (κ2) is 5.72. The molecule has 15 heavy (non-hydrogen) atoms. The van der Waals surface area contributed by atoms with E-state index in [9.17, 15) is 4.79 Å². The van der Waals surface area contributed by atoms with Crippen LogP contribution in [0.2, 0.25) is 0 Å². The third-order valence-corrected chi connectivity index (χ3v) is 2.35. The van der Waals surface area contributed by atoms with Gasteiger partial charge in [0.1, 0.15) is 5.75 Å². The Hall–Kier alpha value is -1.07. The number of ether oxygens (including phenoxy) is 1. The molecule has 82 valence electrons. The zero-order valence-electron chi connectivity index (χ0n) is 8.42. The van der Waals surface area contributed by atoms with Gasteiger partial charge in [-0.3, -0.25) is 4.79 Å². The molecule has 0 aliphatic rings. The number of nitrogens with one attached hydrogen (secondary N) is 1. The van der Waals surface area contributed by atoms with Crippen molar-refractivity contribution in [3.63, 3.8) is 0 Å². The van der Waals surface area contributed by atoms with Gasteiger partial charge in [0.15, 0.2) is 0 Å². The van der Waals surface area contributed by atoms with Crippen LogP contribution in [0.1, 0.15) is 5.56 Å². The molecule has 5 heteroatoms. The molecule has 0 bridgehead atoms. The number of primary amides is 1. The highest BCUT2D eigenvalue weighted by Crippen LogP contribution is 2.22. The average Bonchev–Trinajstić information content (AvgIpc) is 2.17. The molecule has 0 aromatic heterocycles. The van der Waals surface area contributed by atoms with Crippen LogP contribution in [0.25, 0.3) is 0 Å². The van der Waals surface area contributed by atoms with Gasteiger partial charge in [-0.2, -0.15) is 0 Å². The van der Waals surface area contributed by atoms with Crippen LogP contribution in [0, 0.1) is 0 Å². The Morgan fingerprint density at radius 2 is 2.33 bits per heavy atom. The number of benzene rings is 1. The van der Waals surface area contributed by atoms with Crippen LogP contribution in [0.5, 0.6) is 5.75 Å². The topological polar surface area (TPSA) is 64.3 Å². The van der Waals surface area contributed by atoms with Crippen LogP contribution >= 0.6 is 15.9 Å². The number of carbonyl (C=O) groups excluding carboxylic acids is 1. The van der Waals surface area contributed by atoms with Gasteiger partial charge in [-0.25, -0.2) is 0 Å². The molecule has 0 fully saturated rings. The van der Waals surface area contributed by atoms with E-state index >= 15 is 0 Å². The zero-order valence-corrected chi connectivity index (χ0v) is 10.0. The summed E-state index contributed by atoms with van der Waals surface area (Å²) in [6.07, 6.45) is 0. The van der Waals surface area contributed by atoms with Crippen molar-refractivity contribution >= 4 is 21.8 Å². The minimum Gasteiger partial charge on any atom is -0.496 e. The molecule has 0 atom stereocenters. The molecule has 0 saturated heterocycles. The van der Waals surface area contributed by atoms with Crippen LogP contribution in [-0.4, -0.2) is 19.6 Å². The lowest BCUT2D eigenvalue weighted by molar-refractivity contribution is -0.117. The summed E-state index contributed by atoms with van der Waals surface area (Å²) in [6, 6.07) is 5.70. The Labute approximate surface area is 96.9 Å². The van der Waals surface area contributed by atoms with Gasteiger partial charge in [0.05, 0.1) is 13.7 Å². The van der Waals surface area contributed by atoms with Gasteiger partial charge in [0, 0.05) is 16.6 Å². The molecule has 0 heterocycles. The summed E-state index contributed by atoms with van der Waals surface area (Å²) in [5.41, 5.74) is 5.99. The summed E-state index contributed by atoms with van der Waals surface area (Å²) < 4.78 is 6.15. The SMILES string of the molecule is COc1ccc(Br)cc1CNCC(N)=O. The van der Waals surface area contributed by atoms with Gasteiger partial charge in [0.25, 0.3) is 0 Å². The van der Waals surface area contributed by atoms with Crippen molar-refractivity contribution in [2.75, 3.05) is 13.7 Å². The largest absolute Gasteiger partial charge is 0.496 e. The number of carbonyl (C=O) groups is 1. The summed E-state index contributed by atoms with van der Waals surface area (Å²) in [5.74, 6) is 0.416. The van der Waals surface area contributed by atoms with Gasteiger partial charge < -0.3 is 15.8 Å². The lowest BCUT2D eigenvalue weighted by Gasteiger charge is -2.09. The van der Waals surface area contributed by atoms with Crippen molar-refractivity contribution in [1.29, 1.82) is 0 Å². The molecule has 1 aromatic rings. The lowest BCUT2D eigenvalue weighted by Crippen LogP contribution is -2.28. The normalized spacial score (nSPS) is 10.0. The van der Waals surface area contributed by atoms with Crippen molar-refractivity contribution in [3.05, 3.63) is 28.2 Å². The first-order valence-corrected chi connectivity index (χ1v) is 5.24. The standard InChI is InChI=1S/C10H13BrN2O2/c1-15-9-3-2-8(11)4-7(9)5-13-6-10(12)14/h2-4,13H,5-6H2,1H3,(H2,12,14). The van der Waals surface area contributed by atoms with E-state index in [0.717, 1.165) is 15.8 Å². The lowest BCUT2D eigenvalue weighted by atomic mass is 10.2. The molecule has 1 amide bonds. The third-order valence-electron chi connectivity index (χ3n) is 1.86. The van der Waals surface area contributed by atoms with E-state index in [-0.39, 0.29) is 12.5 Å².